The van der Waals surface area contributed by atoms with Crippen molar-refractivity contribution in [2.45, 2.75) is 153 Å². The Labute approximate surface area is 439 Å². The molecule has 0 spiro atoms. The normalized spacial score (nSPS) is 17.0. The molecule has 1 heterocycles. The van der Waals surface area contributed by atoms with Gasteiger partial charge in [0, 0.05) is 13.1 Å². The maximum atomic E-state index is 13.7. The standard InChI is InChI=1S/C43H79N14O16PS/c1-22(2)19-29(42(68)69)54-33(59)24(4)50-40(66)32-13-10-17-57(32)41(67)25(5)51-39(65)31(21-73-74(70,71)72)56-38(64)30(20-58)55-34(60)23(3)49-36(62)27(11-7-8-15-44)53-37(63)28(12-9-16-48-43(46)47)52-35(61)26(45)14-18-75-6/h22-32,58H,7-21,44-45H2,1-6H3,(H,49,62)(H,50,66)(H,51,65)(H,52,61)(H,53,63)(H,54,59)(H,55,60)(H,56,64)(H,68,69)(H4,46,47,48)(H2,70,71,72)/t23-,24-,25-,26-,27-,28-,29-,30-,31-,32-/m0/s1. The zero-order chi connectivity index (χ0) is 57.2. The van der Waals surface area contributed by atoms with Crippen molar-refractivity contribution in [2.24, 2.45) is 33.8 Å². The van der Waals surface area contributed by atoms with E-state index >= 15 is 0 Å². The molecule has 1 saturated heterocycles. The number of likely N-dealkylation sites (tertiary alicyclic amines) is 1. The third-order valence-electron chi connectivity index (χ3n) is 11.4. The van der Waals surface area contributed by atoms with Crippen LogP contribution in [0.25, 0.3) is 0 Å². The topological polar surface area (TPSA) is 494 Å². The number of aliphatic carboxylic acids is 1. The summed E-state index contributed by atoms with van der Waals surface area (Å²) in [7, 11) is -5.30. The van der Waals surface area contributed by atoms with Gasteiger partial charge in [-0.25, -0.2) is 9.36 Å². The van der Waals surface area contributed by atoms with Crippen LogP contribution in [0.4, 0.5) is 0 Å². The van der Waals surface area contributed by atoms with Gasteiger partial charge in [-0.2, -0.15) is 11.8 Å². The van der Waals surface area contributed by atoms with Crippen LogP contribution < -0.4 is 65.5 Å². The van der Waals surface area contributed by atoms with Crippen LogP contribution in [0, 0.1) is 5.92 Å². The Kier molecular flexibility index (Phi) is 30.6. The third-order valence-corrected chi connectivity index (χ3v) is 12.5. The maximum absolute atomic E-state index is 13.7. The van der Waals surface area contributed by atoms with Crippen LogP contribution in [0.3, 0.4) is 0 Å². The lowest BCUT2D eigenvalue weighted by Gasteiger charge is -2.29. The first-order valence-corrected chi connectivity index (χ1v) is 27.3. The van der Waals surface area contributed by atoms with Gasteiger partial charge in [0.15, 0.2) is 5.96 Å². The van der Waals surface area contributed by atoms with Gasteiger partial charge in [-0.1, -0.05) is 13.8 Å². The highest BCUT2D eigenvalue weighted by atomic mass is 32.2. The Balaban J connectivity index is 3.16. The van der Waals surface area contributed by atoms with E-state index in [0.29, 0.717) is 31.4 Å². The highest BCUT2D eigenvalue weighted by molar-refractivity contribution is 7.98. The van der Waals surface area contributed by atoms with Crippen LogP contribution in [0.15, 0.2) is 4.99 Å². The van der Waals surface area contributed by atoms with E-state index in [2.05, 4.69) is 52.1 Å². The molecule has 1 rings (SSSR count). The number of carboxylic acid groups (broad SMARTS) is 1. The lowest BCUT2D eigenvalue weighted by atomic mass is 10.0. The van der Waals surface area contributed by atoms with E-state index < -0.39 is 141 Å². The molecule has 20 N–H and O–H groups in total. The Bertz CT molecular complexity index is 2030. The van der Waals surface area contributed by atoms with E-state index in [1.165, 1.54) is 32.5 Å². The monoisotopic (exact) mass is 1110 g/mol. The molecule has 32 heteroatoms. The summed E-state index contributed by atoms with van der Waals surface area (Å²) in [6, 6.07) is -13.7. The summed E-state index contributed by atoms with van der Waals surface area (Å²) in [4.78, 5) is 156. The van der Waals surface area contributed by atoms with Crippen molar-refractivity contribution in [3.05, 3.63) is 0 Å². The number of aliphatic imine (C=N–C) groups is 1. The third kappa shape index (κ3) is 25.6. The summed E-state index contributed by atoms with van der Waals surface area (Å²) < 4.78 is 16.1. The molecule has 428 valence electrons. The number of aliphatic hydroxyl groups is 1. The first-order chi connectivity index (χ1) is 35.1. The molecule has 1 aliphatic rings. The number of rotatable bonds is 35. The number of hydrogen-bond acceptors (Lipinski definition) is 17. The molecule has 0 bridgehead atoms. The Morgan fingerprint density at radius 2 is 1.20 bits per heavy atom. The van der Waals surface area contributed by atoms with E-state index in [0.717, 1.165) is 4.90 Å². The number of unbranched alkanes of at least 4 members (excludes halogenated alkanes) is 1. The van der Waals surface area contributed by atoms with Crippen molar-refractivity contribution >= 4 is 84.7 Å². The number of thioether (sulfide) groups is 1. The predicted octanol–water partition coefficient (Wildman–Crippen LogP) is -5.59. The largest absolute Gasteiger partial charge is 0.480 e. The number of nitrogens with one attached hydrogen (secondary N) is 8. The van der Waals surface area contributed by atoms with Gasteiger partial charge in [0.2, 0.25) is 53.2 Å². The summed E-state index contributed by atoms with van der Waals surface area (Å²) in [5.74, 6) is -9.13. The molecule has 0 unspecified atom stereocenters. The molecule has 0 radical (unpaired) electrons. The molecular formula is C43H79N14O16PS. The Morgan fingerprint density at radius 3 is 1.75 bits per heavy atom. The highest BCUT2D eigenvalue weighted by Gasteiger charge is 2.39. The number of amides is 9. The van der Waals surface area contributed by atoms with Crippen LogP contribution in [0.5, 0.6) is 0 Å². The van der Waals surface area contributed by atoms with Gasteiger partial charge in [-0.15, -0.1) is 0 Å². The molecule has 0 aromatic rings. The molecule has 0 aromatic heterocycles. The predicted molar refractivity (Wildman–Crippen MR) is 273 cm³/mol. The fourth-order valence-electron chi connectivity index (χ4n) is 7.25. The van der Waals surface area contributed by atoms with Crippen LogP contribution in [0.1, 0.15) is 92.4 Å². The van der Waals surface area contributed by atoms with Gasteiger partial charge in [0.05, 0.1) is 19.3 Å². The van der Waals surface area contributed by atoms with E-state index in [1.54, 1.807) is 13.8 Å². The Morgan fingerprint density at radius 1 is 0.693 bits per heavy atom. The van der Waals surface area contributed by atoms with Crippen LogP contribution in [-0.2, 0) is 57.0 Å². The molecule has 10 atom stereocenters. The van der Waals surface area contributed by atoms with Crippen molar-refractivity contribution in [1.29, 1.82) is 0 Å². The van der Waals surface area contributed by atoms with Gasteiger partial charge in [-0.3, -0.25) is 52.7 Å². The molecule has 1 fully saturated rings. The molecule has 0 saturated carbocycles. The van der Waals surface area contributed by atoms with Gasteiger partial charge >= 0.3 is 13.8 Å². The number of phosphoric ester groups is 1. The number of carboxylic acids is 1. The maximum Gasteiger partial charge on any atom is 0.469 e. The molecular weight excluding hydrogens is 1030 g/mol. The van der Waals surface area contributed by atoms with Crippen molar-refractivity contribution in [2.75, 3.05) is 44.9 Å². The van der Waals surface area contributed by atoms with Crippen molar-refractivity contribution in [3.8, 4) is 0 Å². The summed E-state index contributed by atoms with van der Waals surface area (Å²) in [6.07, 6.45) is 3.84. The second kappa shape index (κ2) is 34.1. The average molecular weight is 1110 g/mol. The molecule has 1 aliphatic heterocycles. The van der Waals surface area contributed by atoms with Crippen LogP contribution in [-0.4, -0.2) is 195 Å². The number of carbonyl (C=O) groups excluding carboxylic acids is 9. The van der Waals surface area contributed by atoms with E-state index in [-0.39, 0.29) is 63.6 Å². The Hall–Kier alpha value is -5.69. The average Bonchev–Trinajstić information content (AvgIpc) is 3.83. The molecule has 0 aromatic carbocycles. The molecule has 75 heavy (non-hydrogen) atoms. The van der Waals surface area contributed by atoms with E-state index in [9.17, 15) is 72.5 Å². The number of carbonyl (C=O) groups is 10. The smallest absolute Gasteiger partial charge is 0.469 e. The summed E-state index contributed by atoms with van der Waals surface area (Å²) in [5, 5.41) is 38.7. The van der Waals surface area contributed by atoms with Crippen molar-refractivity contribution < 1.29 is 77.0 Å². The minimum Gasteiger partial charge on any atom is -0.480 e. The SMILES string of the molecule is CSCC[C@H](N)C(=O)N[C@@H](CCCN=C(N)N)C(=O)N[C@@H](CCCCN)C(=O)N[C@@H](C)C(=O)N[C@@H](CO)C(=O)N[C@@H](COP(=O)(O)O)C(=O)N[C@@H](C)C(=O)N1CCC[C@H]1C(=O)N[C@@H](C)C(=O)N[C@@H](CC(C)C)C(=O)O. The number of hydrogen-bond donors (Lipinski definition) is 16. The number of nitrogens with two attached hydrogens (primary N) is 4. The van der Waals surface area contributed by atoms with Crippen molar-refractivity contribution in [3.63, 3.8) is 0 Å². The van der Waals surface area contributed by atoms with E-state index in [4.69, 9.17) is 22.9 Å². The first kappa shape index (κ1) is 67.3. The quantitative estimate of drug-likeness (QED) is 0.0122. The molecule has 9 amide bonds. The zero-order valence-corrected chi connectivity index (χ0v) is 44.9. The molecule has 0 aliphatic carbocycles. The zero-order valence-electron chi connectivity index (χ0n) is 43.2. The van der Waals surface area contributed by atoms with Gasteiger partial charge in [0.25, 0.3) is 0 Å². The lowest BCUT2D eigenvalue weighted by Crippen LogP contribution is -2.61. The van der Waals surface area contributed by atoms with Gasteiger partial charge < -0.3 is 90.4 Å². The van der Waals surface area contributed by atoms with Gasteiger partial charge in [0.1, 0.15) is 54.4 Å². The fraction of sp³-hybridized carbons (Fsp3) is 0.744. The van der Waals surface area contributed by atoms with Crippen LogP contribution >= 0.6 is 19.6 Å². The number of nitrogens with zero attached hydrogens (tertiary/aromatic N) is 2. The minimum atomic E-state index is -5.30. The molecule has 30 nitrogen and oxygen atoms in total. The van der Waals surface area contributed by atoms with E-state index in [1.807, 2.05) is 6.26 Å². The van der Waals surface area contributed by atoms with Crippen LogP contribution in [0.2, 0.25) is 0 Å². The highest BCUT2D eigenvalue weighted by Crippen LogP contribution is 2.35. The minimum absolute atomic E-state index is 0.0288. The lowest BCUT2D eigenvalue weighted by molar-refractivity contribution is -0.143. The summed E-state index contributed by atoms with van der Waals surface area (Å²) in [5.41, 5.74) is 22.5. The second-order valence-corrected chi connectivity index (χ2v) is 20.5. The fourth-order valence-corrected chi connectivity index (χ4v) is 8.08. The summed E-state index contributed by atoms with van der Waals surface area (Å²) in [6.45, 7) is 5.37. The number of guanidine groups is 1. The first-order valence-electron chi connectivity index (χ1n) is 24.3. The van der Waals surface area contributed by atoms with Crippen molar-refractivity contribution in [1.82, 2.24) is 47.4 Å². The second-order valence-electron chi connectivity index (χ2n) is 18.2. The number of aliphatic hydroxyl groups excluding tert-OH is 1. The summed E-state index contributed by atoms with van der Waals surface area (Å²) >= 11 is 1.47. The number of phosphoric acid groups is 1. The van der Waals surface area contributed by atoms with Gasteiger partial charge in [-0.05, 0) is 103 Å².